The van der Waals surface area contributed by atoms with Gasteiger partial charge in [0.25, 0.3) is 0 Å². The quantitative estimate of drug-likeness (QED) is 0.888. The molecule has 0 saturated carbocycles. The molecule has 1 aliphatic heterocycles. The number of thiazole rings is 2. The highest BCUT2D eigenvalue weighted by molar-refractivity contribution is 7.11. The second kappa shape index (κ2) is 6.96. The maximum Gasteiger partial charge on any atom is 0.0897 e. The van der Waals surface area contributed by atoms with Gasteiger partial charge in [-0.2, -0.15) is 0 Å². The van der Waals surface area contributed by atoms with E-state index >= 15 is 0 Å². The summed E-state index contributed by atoms with van der Waals surface area (Å²) in [4.78, 5) is 14.1. The minimum Gasteiger partial charge on any atom is -0.316 e. The Morgan fingerprint density at radius 2 is 2.24 bits per heavy atom. The molecule has 21 heavy (non-hydrogen) atoms. The number of aromatic nitrogens is 2. The molecule has 3 rings (SSSR count). The minimum absolute atomic E-state index is 0.771. The number of nitrogens with zero attached hydrogens (tertiary/aromatic N) is 3. The van der Waals surface area contributed by atoms with Crippen molar-refractivity contribution in [3.05, 3.63) is 32.2 Å². The monoisotopic (exact) mass is 322 g/mol. The van der Waals surface area contributed by atoms with Crippen LogP contribution < -0.4 is 5.32 Å². The predicted molar refractivity (Wildman–Crippen MR) is 88.8 cm³/mol. The number of aryl methyl sites for hydroxylation is 2. The van der Waals surface area contributed by atoms with Crippen molar-refractivity contribution in [1.29, 1.82) is 0 Å². The molecule has 2 aromatic rings. The van der Waals surface area contributed by atoms with Crippen molar-refractivity contribution in [2.75, 3.05) is 19.6 Å². The van der Waals surface area contributed by atoms with Gasteiger partial charge in [-0.1, -0.05) is 0 Å². The Bertz CT molecular complexity index is 572. The van der Waals surface area contributed by atoms with E-state index in [9.17, 15) is 0 Å². The van der Waals surface area contributed by atoms with E-state index in [0.29, 0.717) is 0 Å². The molecule has 114 valence electrons. The molecule has 1 atom stereocenters. The summed E-state index contributed by atoms with van der Waals surface area (Å²) in [5.74, 6) is 0.771. The van der Waals surface area contributed by atoms with Crippen molar-refractivity contribution in [1.82, 2.24) is 20.2 Å². The fourth-order valence-corrected chi connectivity index (χ4v) is 4.46. The van der Waals surface area contributed by atoms with Gasteiger partial charge in [-0.3, -0.25) is 4.90 Å². The van der Waals surface area contributed by atoms with E-state index < -0.39 is 0 Å². The molecule has 4 nitrogen and oxygen atoms in total. The number of rotatable bonds is 6. The van der Waals surface area contributed by atoms with Gasteiger partial charge < -0.3 is 5.32 Å². The molecule has 0 radical (unpaired) electrons. The lowest BCUT2D eigenvalue weighted by Gasteiger charge is -2.24. The van der Waals surface area contributed by atoms with Crippen LogP contribution in [0.4, 0.5) is 0 Å². The summed E-state index contributed by atoms with van der Waals surface area (Å²) in [7, 11) is 0. The normalized spacial score (nSPS) is 18.7. The molecular formula is C15H22N4S2. The minimum atomic E-state index is 0.771. The van der Waals surface area contributed by atoms with Gasteiger partial charge in [0.1, 0.15) is 0 Å². The largest absolute Gasteiger partial charge is 0.316 e. The van der Waals surface area contributed by atoms with Crippen molar-refractivity contribution < 1.29 is 0 Å². The Kier molecular flexibility index (Phi) is 5.00. The van der Waals surface area contributed by atoms with Gasteiger partial charge in [-0.15, -0.1) is 22.7 Å². The summed E-state index contributed by atoms with van der Waals surface area (Å²) in [6.45, 7) is 9.66. The molecule has 6 heteroatoms. The van der Waals surface area contributed by atoms with Gasteiger partial charge in [0.05, 0.1) is 16.2 Å². The zero-order valence-electron chi connectivity index (χ0n) is 12.6. The maximum atomic E-state index is 4.39. The molecule has 0 aliphatic carbocycles. The second-order valence-corrected chi connectivity index (χ2v) is 7.99. The fourth-order valence-electron chi connectivity index (χ4n) is 2.80. The van der Waals surface area contributed by atoms with E-state index in [-0.39, 0.29) is 0 Å². The van der Waals surface area contributed by atoms with E-state index in [2.05, 4.69) is 34.0 Å². The third-order valence-electron chi connectivity index (χ3n) is 3.94. The first kappa shape index (κ1) is 15.1. The molecule has 1 N–H and O–H groups in total. The third kappa shape index (κ3) is 4.10. The molecular weight excluding hydrogens is 300 g/mol. The van der Waals surface area contributed by atoms with Gasteiger partial charge >= 0.3 is 0 Å². The van der Waals surface area contributed by atoms with Crippen molar-refractivity contribution >= 4 is 22.7 Å². The van der Waals surface area contributed by atoms with Crippen LogP contribution >= 0.6 is 22.7 Å². The molecule has 1 unspecified atom stereocenters. The Morgan fingerprint density at radius 1 is 1.33 bits per heavy atom. The van der Waals surface area contributed by atoms with Crippen molar-refractivity contribution in [2.45, 2.75) is 33.4 Å². The zero-order chi connectivity index (χ0) is 14.7. The van der Waals surface area contributed by atoms with Crippen LogP contribution in [0.5, 0.6) is 0 Å². The Hall–Kier alpha value is -0.820. The lowest BCUT2D eigenvalue weighted by Crippen LogP contribution is -2.29. The van der Waals surface area contributed by atoms with E-state index in [0.717, 1.165) is 43.6 Å². The first-order valence-corrected chi connectivity index (χ1v) is 9.13. The Morgan fingerprint density at radius 3 is 2.86 bits per heavy atom. The molecule has 1 aliphatic rings. The van der Waals surface area contributed by atoms with Gasteiger partial charge in [0, 0.05) is 35.6 Å². The van der Waals surface area contributed by atoms with Gasteiger partial charge in [-0.25, -0.2) is 9.97 Å². The summed E-state index contributed by atoms with van der Waals surface area (Å²) < 4.78 is 0. The highest BCUT2D eigenvalue weighted by Gasteiger charge is 2.20. The van der Waals surface area contributed by atoms with E-state index in [4.69, 9.17) is 0 Å². The third-order valence-corrected chi connectivity index (χ3v) is 5.76. The van der Waals surface area contributed by atoms with E-state index in [1.165, 1.54) is 21.9 Å². The van der Waals surface area contributed by atoms with Gasteiger partial charge in [-0.05, 0) is 39.3 Å². The highest BCUT2D eigenvalue weighted by Crippen LogP contribution is 2.21. The zero-order valence-corrected chi connectivity index (χ0v) is 14.3. The summed E-state index contributed by atoms with van der Waals surface area (Å²) in [6, 6.07) is 0. The molecule has 0 amide bonds. The summed E-state index contributed by atoms with van der Waals surface area (Å²) in [6.07, 6.45) is 3.32. The molecule has 0 bridgehead atoms. The summed E-state index contributed by atoms with van der Waals surface area (Å²) in [5, 5.41) is 4.62. The molecule has 2 aromatic heterocycles. The molecule has 0 spiro atoms. The molecule has 1 saturated heterocycles. The van der Waals surface area contributed by atoms with Crippen LogP contribution in [0.15, 0.2) is 11.7 Å². The van der Waals surface area contributed by atoms with Crippen molar-refractivity contribution in [3.63, 3.8) is 0 Å². The second-order valence-electron chi connectivity index (χ2n) is 5.73. The van der Waals surface area contributed by atoms with E-state index in [1.807, 2.05) is 23.0 Å². The van der Waals surface area contributed by atoms with Crippen LogP contribution in [0.3, 0.4) is 0 Å². The molecule has 0 aromatic carbocycles. The van der Waals surface area contributed by atoms with Crippen LogP contribution in [-0.4, -0.2) is 34.5 Å². The average molecular weight is 323 g/mol. The van der Waals surface area contributed by atoms with Crippen LogP contribution in [0, 0.1) is 19.8 Å². The van der Waals surface area contributed by atoms with Crippen molar-refractivity contribution in [3.8, 4) is 0 Å². The van der Waals surface area contributed by atoms with Crippen LogP contribution in [0.1, 0.15) is 26.9 Å². The lowest BCUT2D eigenvalue weighted by atomic mass is 10.1. The topological polar surface area (TPSA) is 41.1 Å². The smallest absolute Gasteiger partial charge is 0.0897 e. The first-order valence-electron chi connectivity index (χ1n) is 7.44. The van der Waals surface area contributed by atoms with Crippen LogP contribution in [0.2, 0.25) is 0 Å². The lowest BCUT2D eigenvalue weighted by molar-refractivity contribution is 0.224. The highest BCUT2D eigenvalue weighted by atomic mass is 32.1. The van der Waals surface area contributed by atoms with Gasteiger partial charge in [0.15, 0.2) is 0 Å². The number of nitrogens with one attached hydrogen (secondary N) is 1. The molecule has 3 heterocycles. The fraction of sp³-hybridized carbons (Fsp3) is 0.600. The SMILES string of the molecule is Cc1ncc(CN(Cc2scnc2C)CC2CCNC2)s1. The van der Waals surface area contributed by atoms with E-state index in [1.54, 1.807) is 11.3 Å². The summed E-state index contributed by atoms with van der Waals surface area (Å²) >= 11 is 3.58. The van der Waals surface area contributed by atoms with Gasteiger partial charge in [0.2, 0.25) is 0 Å². The predicted octanol–water partition coefficient (Wildman–Crippen LogP) is 2.83. The standard InChI is InChI=1S/C15H22N4S2/c1-11-15(20-10-18-11)9-19(7-13-3-4-16-5-13)8-14-6-17-12(2)21-14/h6,10,13,16H,3-5,7-9H2,1-2H3. The molecule has 1 fully saturated rings. The van der Waals surface area contributed by atoms with Crippen molar-refractivity contribution in [2.24, 2.45) is 5.92 Å². The average Bonchev–Trinajstić information content (AvgIpc) is 3.16. The Labute approximate surface area is 134 Å². The Balaban J connectivity index is 1.68. The van der Waals surface area contributed by atoms with Crippen LogP contribution in [-0.2, 0) is 13.1 Å². The number of hydrogen-bond acceptors (Lipinski definition) is 6. The first-order chi connectivity index (χ1) is 10.2. The summed E-state index contributed by atoms with van der Waals surface area (Å²) in [5.41, 5.74) is 3.13. The maximum absolute atomic E-state index is 4.39. The number of hydrogen-bond donors (Lipinski definition) is 1. The van der Waals surface area contributed by atoms with Crippen LogP contribution in [0.25, 0.3) is 0 Å².